The van der Waals surface area contributed by atoms with Crippen LogP contribution in [0.25, 0.3) is 0 Å². The highest BCUT2D eigenvalue weighted by molar-refractivity contribution is 9.11. The molecule has 17 heavy (non-hydrogen) atoms. The summed E-state index contributed by atoms with van der Waals surface area (Å²) in [5, 5.41) is 14.0. The second kappa shape index (κ2) is 5.98. The molecule has 1 fully saturated rings. The van der Waals surface area contributed by atoms with Gasteiger partial charge in [0.05, 0.1) is 9.35 Å². The summed E-state index contributed by atoms with van der Waals surface area (Å²) in [6, 6.07) is 2.11. The number of carbonyl (C=O) groups is 1. The van der Waals surface area contributed by atoms with Gasteiger partial charge in [0.1, 0.15) is 0 Å². The molecule has 1 aromatic heterocycles. The Bertz CT molecular complexity index is 386. The van der Waals surface area contributed by atoms with Gasteiger partial charge in [0, 0.05) is 18.0 Å². The molecule has 0 bridgehead atoms. The molecule has 0 unspecified atom stereocenters. The standard InChI is InChI=1S/C12H16BrNO2S/c13-11-5-9(7-17-11)12(16)14-10-3-1-8(6-15)2-4-10/h5,7-8,10,15H,1-4,6H2,(H,14,16). The third-order valence-electron chi connectivity index (χ3n) is 3.27. The number of aliphatic hydroxyl groups excluding tert-OH is 1. The molecule has 2 N–H and O–H groups in total. The van der Waals surface area contributed by atoms with E-state index in [4.69, 9.17) is 5.11 Å². The average molecular weight is 318 g/mol. The van der Waals surface area contributed by atoms with Gasteiger partial charge in [-0.25, -0.2) is 0 Å². The van der Waals surface area contributed by atoms with Gasteiger partial charge in [0.15, 0.2) is 0 Å². The molecule has 3 nitrogen and oxygen atoms in total. The van der Waals surface area contributed by atoms with Crippen molar-refractivity contribution < 1.29 is 9.90 Å². The van der Waals surface area contributed by atoms with Crippen LogP contribution in [0.1, 0.15) is 36.0 Å². The highest BCUT2D eigenvalue weighted by Gasteiger charge is 2.22. The fourth-order valence-electron chi connectivity index (χ4n) is 2.19. The highest BCUT2D eigenvalue weighted by Crippen LogP contribution is 2.25. The summed E-state index contributed by atoms with van der Waals surface area (Å²) in [6.45, 7) is 0.276. The maximum atomic E-state index is 11.9. The molecular formula is C12H16BrNO2S. The van der Waals surface area contributed by atoms with E-state index in [1.54, 1.807) is 0 Å². The van der Waals surface area contributed by atoms with Crippen LogP contribution in [0.4, 0.5) is 0 Å². The zero-order chi connectivity index (χ0) is 12.3. The fourth-order valence-corrected chi connectivity index (χ4v) is 3.32. The van der Waals surface area contributed by atoms with Crippen molar-refractivity contribution in [1.82, 2.24) is 5.32 Å². The number of amides is 1. The molecule has 1 aliphatic rings. The largest absolute Gasteiger partial charge is 0.396 e. The van der Waals surface area contributed by atoms with E-state index >= 15 is 0 Å². The lowest BCUT2D eigenvalue weighted by molar-refractivity contribution is 0.0914. The second-order valence-electron chi connectivity index (χ2n) is 4.51. The van der Waals surface area contributed by atoms with Gasteiger partial charge in [-0.15, -0.1) is 11.3 Å². The predicted octanol–water partition coefficient (Wildman–Crippen LogP) is 2.79. The summed E-state index contributed by atoms with van der Waals surface area (Å²) in [4.78, 5) is 11.9. The molecule has 0 aromatic carbocycles. The van der Waals surface area contributed by atoms with Gasteiger partial charge >= 0.3 is 0 Å². The summed E-state index contributed by atoms with van der Waals surface area (Å²) in [5.41, 5.74) is 0.728. The smallest absolute Gasteiger partial charge is 0.252 e. The minimum absolute atomic E-state index is 0.0133. The van der Waals surface area contributed by atoms with Gasteiger partial charge in [-0.2, -0.15) is 0 Å². The van der Waals surface area contributed by atoms with E-state index in [0.29, 0.717) is 5.92 Å². The molecule has 5 heteroatoms. The molecule has 1 heterocycles. The molecule has 1 amide bonds. The Hall–Kier alpha value is -0.390. The van der Waals surface area contributed by atoms with Crippen LogP contribution in [0.2, 0.25) is 0 Å². The van der Waals surface area contributed by atoms with Crippen LogP contribution in [0, 0.1) is 5.92 Å². The first-order chi connectivity index (χ1) is 8.19. The zero-order valence-corrected chi connectivity index (χ0v) is 11.9. The number of nitrogens with one attached hydrogen (secondary N) is 1. The van der Waals surface area contributed by atoms with E-state index < -0.39 is 0 Å². The number of halogens is 1. The number of hydrogen-bond acceptors (Lipinski definition) is 3. The van der Waals surface area contributed by atoms with Crippen molar-refractivity contribution in [3.8, 4) is 0 Å². The third kappa shape index (κ3) is 3.53. The Morgan fingerprint density at radius 3 is 2.71 bits per heavy atom. The van der Waals surface area contributed by atoms with Crippen molar-refractivity contribution in [2.24, 2.45) is 5.92 Å². The van der Waals surface area contributed by atoms with Crippen LogP contribution >= 0.6 is 27.3 Å². The maximum absolute atomic E-state index is 11.9. The summed E-state index contributed by atoms with van der Waals surface area (Å²) >= 11 is 4.88. The number of rotatable bonds is 3. The van der Waals surface area contributed by atoms with Crippen LogP contribution in [0.3, 0.4) is 0 Å². The lowest BCUT2D eigenvalue weighted by Gasteiger charge is -2.27. The van der Waals surface area contributed by atoms with E-state index in [2.05, 4.69) is 21.2 Å². The monoisotopic (exact) mass is 317 g/mol. The first-order valence-electron chi connectivity index (χ1n) is 5.85. The molecule has 1 saturated carbocycles. The third-order valence-corrected chi connectivity index (χ3v) is 4.77. The van der Waals surface area contributed by atoms with Gasteiger partial charge < -0.3 is 10.4 Å². The van der Waals surface area contributed by atoms with Gasteiger partial charge in [0.2, 0.25) is 0 Å². The molecule has 1 aliphatic carbocycles. The van der Waals surface area contributed by atoms with E-state index in [9.17, 15) is 4.79 Å². The minimum atomic E-state index is 0.0133. The predicted molar refractivity (Wildman–Crippen MR) is 72.3 cm³/mol. The quantitative estimate of drug-likeness (QED) is 0.900. The molecule has 0 spiro atoms. The molecule has 0 saturated heterocycles. The van der Waals surface area contributed by atoms with E-state index in [1.165, 1.54) is 11.3 Å². The highest BCUT2D eigenvalue weighted by atomic mass is 79.9. The van der Waals surface area contributed by atoms with Crippen molar-refractivity contribution in [2.45, 2.75) is 31.7 Å². The number of carbonyl (C=O) groups excluding carboxylic acids is 1. The summed E-state index contributed by atoms with van der Waals surface area (Å²) in [5.74, 6) is 0.442. The Kier molecular flexibility index (Phi) is 4.59. The molecular weight excluding hydrogens is 302 g/mol. The topological polar surface area (TPSA) is 49.3 Å². The molecule has 0 atom stereocenters. The molecule has 94 valence electrons. The molecule has 0 radical (unpaired) electrons. The van der Waals surface area contributed by atoms with Crippen LogP contribution in [-0.4, -0.2) is 23.7 Å². The molecule has 2 rings (SSSR count). The normalized spacial score (nSPS) is 24.6. The summed E-state index contributed by atoms with van der Waals surface area (Å²) < 4.78 is 0.978. The van der Waals surface area contributed by atoms with Gasteiger partial charge in [-0.05, 0) is 53.6 Å². The average Bonchev–Trinajstić information content (AvgIpc) is 2.77. The Labute approximate surface area is 113 Å². The van der Waals surface area contributed by atoms with Gasteiger partial charge in [-0.1, -0.05) is 0 Å². The van der Waals surface area contributed by atoms with Crippen LogP contribution in [0.5, 0.6) is 0 Å². The van der Waals surface area contributed by atoms with Crippen molar-refractivity contribution in [3.05, 3.63) is 20.8 Å². The minimum Gasteiger partial charge on any atom is -0.396 e. The second-order valence-corrected chi connectivity index (χ2v) is 6.80. The lowest BCUT2D eigenvalue weighted by Crippen LogP contribution is -2.37. The Morgan fingerprint density at radius 1 is 1.47 bits per heavy atom. The molecule has 0 aliphatic heterocycles. The van der Waals surface area contributed by atoms with E-state index in [1.807, 2.05) is 11.4 Å². The Morgan fingerprint density at radius 2 is 2.18 bits per heavy atom. The SMILES string of the molecule is O=C(NC1CCC(CO)CC1)c1csc(Br)c1. The van der Waals surface area contributed by atoms with Crippen LogP contribution in [-0.2, 0) is 0 Å². The Balaban J connectivity index is 1.84. The van der Waals surface area contributed by atoms with Crippen LogP contribution < -0.4 is 5.32 Å². The molecule has 1 aromatic rings. The first kappa shape index (κ1) is 13.1. The van der Waals surface area contributed by atoms with Gasteiger partial charge in [-0.3, -0.25) is 4.79 Å². The number of thiophene rings is 1. The van der Waals surface area contributed by atoms with Crippen molar-refractivity contribution >= 4 is 33.2 Å². The number of hydrogen-bond donors (Lipinski definition) is 2. The van der Waals surface area contributed by atoms with E-state index in [0.717, 1.165) is 35.0 Å². The lowest BCUT2D eigenvalue weighted by atomic mass is 9.86. The van der Waals surface area contributed by atoms with Crippen molar-refractivity contribution in [1.29, 1.82) is 0 Å². The summed E-state index contributed by atoms with van der Waals surface area (Å²) in [6.07, 6.45) is 3.97. The van der Waals surface area contributed by atoms with Crippen molar-refractivity contribution in [3.63, 3.8) is 0 Å². The first-order valence-corrected chi connectivity index (χ1v) is 7.52. The maximum Gasteiger partial charge on any atom is 0.252 e. The zero-order valence-electron chi connectivity index (χ0n) is 9.49. The van der Waals surface area contributed by atoms with Crippen molar-refractivity contribution in [2.75, 3.05) is 6.61 Å². The van der Waals surface area contributed by atoms with Crippen LogP contribution in [0.15, 0.2) is 15.2 Å². The van der Waals surface area contributed by atoms with Gasteiger partial charge in [0.25, 0.3) is 5.91 Å². The fraction of sp³-hybridized carbons (Fsp3) is 0.583. The summed E-state index contributed by atoms with van der Waals surface area (Å²) in [7, 11) is 0. The number of aliphatic hydroxyl groups is 1. The van der Waals surface area contributed by atoms with E-state index in [-0.39, 0.29) is 18.6 Å².